The van der Waals surface area contributed by atoms with E-state index in [1.807, 2.05) is 0 Å². The molecule has 1 saturated heterocycles. The first-order valence-corrected chi connectivity index (χ1v) is 6.35. The van der Waals surface area contributed by atoms with Crippen molar-refractivity contribution in [2.45, 2.75) is 32.3 Å². The minimum Gasteiger partial charge on any atom is -0.389 e. The number of nitrogens with zero attached hydrogens (tertiary/aromatic N) is 1. The highest BCUT2D eigenvalue weighted by molar-refractivity contribution is 5.78. The number of β-amino-alcohol motifs (C(OH)–C–C–N with tert-alkyl or cyclic N) is 1. The van der Waals surface area contributed by atoms with E-state index < -0.39 is 5.60 Å². The van der Waals surface area contributed by atoms with Gasteiger partial charge in [0.1, 0.15) is 0 Å². The van der Waals surface area contributed by atoms with E-state index in [9.17, 15) is 9.90 Å². The van der Waals surface area contributed by atoms with Crippen LogP contribution in [0, 0.1) is 5.92 Å². The van der Waals surface area contributed by atoms with E-state index in [4.69, 9.17) is 5.73 Å². The lowest BCUT2D eigenvalue weighted by molar-refractivity contribution is -0.127. The molecule has 5 nitrogen and oxygen atoms in total. The summed E-state index contributed by atoms with van der Waals surface area (Å²) in [5, 5.41) is 12.6. The highest BCUT2D eigenvalue weighted by atomic mass is 16.3. The Bertz CT molecular complexity index is 251. The third kappa shape index (κ3) is 5.48. The lowest BCUT2D eigenvalue weighted by atomic mass is 9.96. The monoisotopic (exact) mass is 243 g/mol. The van der Waals surface area contributed by atoms with E-state index in [0.717, 1.165) is 25.9 Å². The van der Waals surface area contributed by atoms with Gasteiger partial charge in [-0.1, -0.05) is 0 Å². The maximum Gasteiger partial charge on any atom is 0.224 e. The Kier molecular flexibility index (Phi) is 5.36. The van der Waals surface area contributed by atoms with Gasteiger partial charge in [0.15, 0.2) is 0 Å². The maximum absolute atomic E-state index is 11.8. The average molecular weight is 243 g/mol. The number of carbonyl (C=O) groups is 1. The van der Waals surface area contributed by atoms with Crippen molar-refractivity contribution in [3.05, 3.63) is 0 Å². The lowest BCUT2D eigenvalue weighted by Gasteiger charge is -2.35. The quantitative estimate of drug-likeness (QED) is 0.611. The second-order valence-corrected chi connectivity index (χ2v) is 5.47. The van der Waals surface area contributed by atoms with E-state index >= 15 is 0 Å². The summed E-state index contributed by atoms with van der Waals surface area (Å²) in [7, 11) is 0. The summed E-state index contributed by atoms with van der Waals surface area (Å²) in [6, 6.07) is 0. The molecular formula is C12H25N3O2. The Hall–Kier alpha value is -0.650. The average Bonchev–Trinajstić information content (AvgIpc) is 2.24. The van der Waals surface area contributed by atoms with Crippen molar-refractivity contribution in [2.75, 3.05) is 32.7 Å². The van der Waals surface area contributed by atoms with Crippen molar-refractivity contribution in [3.63, 3.8) is 0 Å². The molecule has 0 aromatic heterocycles. The fraction of sp³-hybridized carbons (Fsp3) is 0.917. The van der Waals surface area contributed by atoms with Crippen LogP contribution in [0.25, 0.3) is 0 Å². The molecule has 1 amide bonds. The summed E-state index contributed by atoms with van der Waals surface area (Å²) >= 11 is 0. The molecular weight excluding hydrogens is 218 g/mol. The number of rotatable bonds is 5. The van der Waals surface area contributed by atoms with Gasteiger partial charge in [0.25, 0.3) is 0 Å². The second kappa shape index (κ2) is 6.33. The minimum atomic E-state index is -0.699. The molecule has 1 aliphatic heterocycles. The Morgan fingerprint density at radius 3 is 2.88 bits per heavy atom. The van der Waals surface area contributed by atoms with Gasteiger partial charge in [-0.05, 0) is 33.2 Å². The molecule has 1 unspecified atom stereocenters. The Labute approximate surface area is 103 Å². The molecule has 0 saturated carbocycles. The van der Waals surface area contributed by atoms with Crippen LogP contribution in [0.3, 0.4) is 0 Å². The predicted octanol–water partition coefficient (Wildman–Crippen LogP) is -0.456. The normalized spacial score (nSPS) is 22.5. The summed E-state index contributed by atoms with van der Waals surface area (Å²) in [5.41, 5.74) is 4.66. The second-order valence-electron chi connectivity index (χ2n) is 5.47. The molecule has 1 atom stereocenters. The SMILES string of the molecule is CC(C)(O)CN1CCCC(C(=O)NCCN)C1. The van der Waals surface area contributed by atoms with Crippen molar-refractivity contribution in [2.24, 2.45) is 11.7 Å². The zero-order valence-electron chi connectivity index (χ0n) is 10.9. The van der Waals surface area contributed by atoms with Gasteiger partial charge in [0, 0.05) is 26.2 Å². The number of hydrogen-bond donors (Lipinski definition) is 3. The molecule has 0 aliphatic carbocycles. The molecule has 0 bridgehead atoms. The number of nitrogens with two attached hydrogens (primary N) is 1. The third-order valence-corrected chi connectivity index (χ3v) is 2.93. The van der Waals surface area contributed by atoms with Gasteiger partial charge >= 0.3 is 0 Å². The van der Waals surface area contributed by atoms with Gasteiger partial charge in [-0.25, -0.2) is 0 Å². The van der Waals surface area contributed by atoms with Gasteiger partial charge in [-0.2, -0.15) is 0 Å². The number of hydrogen-bond acceptors (Lipinski definition) is 4. The van der Waals surface area contributed by atoms with Gasteiger partial charge in [0.2, 0.25) is 5.91 Å². The van der Waals surface area contributed by atoms with Gasteiger partial charge in [0.05, 0.1) is 11.5 Å². The molecule has 100 valence electrons. The molecule has 0 spiro atoms. The van der Waals surface area contributed by atoms with E-state index in [1.165, 1.54) is 0 Å². The number of aliphatic hydroxyl groups is 1. The highest BCUT2D eigenvalue weighted by Gasteiger charge is 2.28. The van der Waals surface area contributed by atoms with E-state index in [2.05, 4.69) is 10.2 Å². The fourth-order valence-electron chi connectivity index (χ4n) is 2.30. The van der Waals surface area contributed by atoms with E-state index in [0.29, 0.717) is 19.6 Å². The van der Waals surface area contributed by atoms with Crippen molar-refractivity contribution in [1.29, 1.82) is 0 Å². The standard InChI is InChI=1S/C12H25N3O2/c1-12(2,17)9-15-7-3-4-10(8-15)11(16)14-6-5-13/h10,17H,3-9,13H2,1-2H3,(H,14,16). The van der Waals surface area contributed by atoms with Crippen LogP contribution in [0.2, 0.25) is 0 Å². The van der Waals surface area contributed by atoms with Crippen molar-refractivity contribution >= 4 is 5.91 Å². The zero-order valence-corrected chi connectivity index (χ0v) is 10.9. The predicted molar refractivity (Wildman–Crippen MR) is 67.5 cm³/mol. The molecule has 5 heteroatoms. The van der Waals surface area contributed by atoms with Crippen molar-refractivity contribution in [1.82, 2.24) is 10.2 Å². The van der Waals surface area contributed by atoms with Crippen LogP contribution >= 0.6 is 0 Å². The van der Waals surface area contributed by atoms with Crippen LogP contribution in [0.1, 0.15) is 26.7 Å². The first-order chi connectivity index (χ1) is 7.92. The van der Waals surface area contributed by atoms with Gasteiger partial charge < -0.3 is 16.2 Å². The summed E-state index contributed by atoms with van der Waals surface area (Å²) in [5.74, 6) is 0.133. The largest absolute Gasteiger partial charge is 0.389 e. The molecule has 1 aliphatic rings. The fourth-order valence-corrected chi connectivity index (χ4v) is 2.30. The minimum absolute atomic E-state index is 0.0395. The van der Waals surface area contributed by atoms with E-state index in [-0.39, 0.29) is 11.8 Å². The zero-order chi connectivity index (χ0) is 12.9. The van der Waals surface area contributed by atoms with Crippen LogP contribution < -0.4 is 11.1 Å². The molecule has 4 N–H and O–H groups in total. The van der Waals surface area contributed by atoms with Gasteiger partial charge in [-0.15, -0.1) is 0 Å². The molecule has 17 heavy (non-hydrogen) atoms. The number of piperidine rings is 1. The van der Waals surface area contributed by atoms with Crippen LogP contribution in [0.5, 0.6) is 0 Å². The van der Waals surface area contributed by atoms with Crippen LogP contribution in [-0.2, 0) is 4.79 Å². The summed E-state index contributed by atoms with van der Waals surface area (Å²) in [6.07, 6.45) is 1.94. The number of nitrogens with one attached hydrogen (secondary N) is 1. The summed E-state index contributed by atoms with van der Waals surface area (Å²) in [4.78, 5) is 14.0. The smallest absolute Gasteiger partial charge is 0.224 e. The van der Waals surface area contributed by atoms with Gasteiger partial charge in [-0.3, -0.25) is 9.69 Å². The number of likely N-dealkylation sites (tertiary alicyclic amines) is 1. The van der Waals surface area contributed by atoms with E-state index in [1.54, 1.807) is 13.8 Å². The maximum atomic E-state index is 11.8. The topological polar surface area (TPSA) is 78.6 Å². The molecule has 1 heterocycles. The van der Waals surface area contributed by atoms with Crippen molar-refractivity contribution in [3.8, 4) is 0 Å². The third-order valence-electron chi connectivity index (χ3n) is 2.93. The molecule has 0 radical (unpaired) electrons. The Morgan fingerprint density at radius 1 is 1.59 bits per heavy atom. The molecule has 0 aromatic rings. The first kappa shape index (κ1) is 14.4. The molecule has 1 rings (SSSR count). The lowest BCUT2D eigenvalue weighted by Crippen LogP contribution is -2.48. The Morgan fingerprint density at radius 2 is 2.29 bits per heavy atom. The summed E-state index contributed by atoms with van der Waals surface area (Å²) < 4.78 is 0. The van der Waals surface area contributed by atoms with Crippen LogP contribution in [-0.4, -0.2) is 54.2 Å². The van der Waals surface area contributed by atoms with Crippen LogP contribution in [0.15, 0.2) is 0 Å². The highest BCUT2D eigenvalue weighted by Crippen LogP contribution is 2.18. The van der Waals surface area contributed by atoms with Crippen LogP contribution in [0.4, 0.5) is 0 Å². The molecule has 0 aromatic carbocycles. The van der Waals surface area contributed by atoms with Crippen molar-refractivity contribution < 1.29 is 9.90 Å². The Balaban J connectivity index is 2.40. The molecule has 1 fully saturated rings. The first-order valence-electron chi connectivity index (χ1n) is 6.35. The number of amides is 1. The number of carbonyl (C=O) groups excluding carboxylic acids is 1. The summed E-state index contributed by atoms with van der Waals surface area (Å²) in [6.45, 7) is 6.93.